The highest BCUT2D eigenvalue weighted by Crippen LogP contribution is 2.11. The number of fused-ring (bicyclic) bond motifs is 1. The summed E-state index contributed by atoms with van der Waals surface area (Å²) in [6.45, 7) is 0. The smallest absolute Gasteiger partial charge is 0 e. The lowest BCUT2D eigenvalue weighted by Gasteiger charge is -1.92. The van der Waals surface area contributed by atoms with Gasteiger partial charge in [-0.15, -0.1) is 0 Å². The summed E-state index contributed by atoms with van der Waals surface area (Å²) in [6, 6.07) is 20.8. The van der Waals surface area contributed by atoms with Crippen molar-refractivity contribution < 1.29 is 0 Å². The third-order valence-corrected chi connectivity index (χ3v) is 2.71. The largest absolute Gasteiger partial charge is 0.344 e. The fourth-order valence-corrected chi connectivity index (χ4v) is 1.81. The second-order valence-electron chi connectivity index (χ2n) is 3.14. The van der Waals surface area contributed by atoms with Gasteiger partial charge in [0.25, 0.3) is 0 Å². The summed E-state index contributed by atoms with van der Waals surface area (Å²) >= 11 is 1.71. The van der Waals surface area contributed by atoms with Crippen LogP contribution in [0.25, 0.3) is 10.8 Å². The van der Waals surface area contributed by atoms with Crippen LogP contribution in [0.15, 0.2) is 71.4 Å². The number of benzene rings is 2. The first kappa shape index (κ1) is 15.4. The van der Waals surface area contributed by atoms with Crippen molar-refractivity contribution in [1.82, 2.24) is 6.15 Å². The van der Waals surface area contributed by atoms with E-state index in [0.29, 0.717) is 0 Å². The lowest BCUT2D eigenvalue weighted by atomic mass is 10.1. The summed E-state index contributed by atoms with van der Waals surface area (Å²) in [5.41, 5.74) is 0. The van der Waals surface area contributed by atoms with Crippen molar-refractivity contribution in [2.24, 2.45) is 0 Å². The molecule has 3 radical (unpaired) electrons. The van der Waals surface area contributed by atoms with Crippen LogP contribution in [0.3, 0.4) is 0 Å². The number of hydrogen-bond donors (Lipinski definition) is 1. The van der Waals surface area contributed by atoms with Crippen LogP contribution in [-0.2, 0) is 0 Å². The van der Waals surface area contributed by atoms with Crippen molar-refractivity contribution in [2.75, 3.05) is 0 Å². The average molecular weight is 240 g/mol. The van der Waals surface area contributed by atoms with Gasteiger partial charge in [-0.1, -0.05) is 60.7 Å². The molecule has 0 aliphatic carbocycles. The molecule has 0 fully saturated rings. The predicted molar refractivity (Wildman–Crippen MR) is 79.0 cm³/mol. The molecule has 0 bridgehead atoms. The van der Waals surface area contributed by atoms with E-state index in [9.17, 15) is 0 Å². The SMILES string of the molecule is N.[B].c1ccc2ccccc2c1.c1ccsc1. The zero-order valence-corrected chi connectivity index (χ0v) is 10.4. The maximum atomic E-state index is 2.12. The van der Waals surface area contributed by atoms with Gasteiger partial charge in [-0.2, -0.15) is 11.3 Å². The second-order valence-corrected chi connectivity index (χ2v) is 3.96. The molecule has 1 aromatic heterocycles. The van der Waals surface area contributed by atoms with Crippen LogP contribution in [0.5, 0.6) is 0 Å². The number of hydrogen-bond acceptors (Lipinski definition) is 2. The Hall–Kier alpha value is -1.58. The lowest BCUT2D eigenvalue weighted by molar-refractivity contribution is 1.75. The van der Waals surface area contributed by atoms with E-state index in [1.807, 2.05) is 22.9 Å². The molecule has 3 aromatic rings. The van der Waals surface area contributed by atoms with Crippen molar-refractivity contribution in [3.05, 3.63) is 71.4 Å². The summed E-state index contributed by atoms with van der Waals surface area (Å²) in [5.74, 6) is 0. The maximum absolute atomic E-state index is 2.12. The highest BCUT2D eigenvalue weighted by molar-refractivity contribution is 7.07. The molecule has 0 saturated carbocycles. The normalized spacial score (nSPS) is 8.24. The minimum atomic E-state index is 0. The zero-order chi connectivity index (χ0) is 10.3. The predicted octanol–water partition coefficient (Wildman–Crippen LogP) is 4.37. The average Bonchev–Trinajstić information content (AvgIpc) is 2.88. The molecule has 3 heteroatoms. The molecule has 3 rings (SSSR count). The van der Waals surface area contributed by atoms with Crippen LogP contribution >= 0.6 is 11.3 Å². The molecule has 0 spiro atoms. The molecular formula is C14H15BNS. The van der Waals surface area contributed by atoms with E-state index < -0.39 is 0 Å². The molecule has 0 unspecified atom stereocenters. The molecule has 0 aliphatic rings. The standard InChI is InChI=1S/C10H8.C4H4S.B.H3N/c1-2-6-10-8-4-3-7-9(10)5-1;1-2-4-5-3-1;;/h1-8H;1-4H;;1H3. The summed E-state index contributed by atoms with van der Waals surface area (Å²) in [6.07, 6.45) is 0. The van der Waals surface area contributed by atoms with E-state index in [-0.39, 0.29) is 14.6 Å². The van der Waals surface area contributed by atoms with Crippen molar-refractivity contribution in [1.29, 1.82) is 0 Å². The topological polar surface area (TPSA) is 35.0 Å². The van der Waals surface area contributed by atoms with Gasteiger partial charge < -0.3 is 6.15 Å². The van der Waals surface area contributed by atoms with Crippen molar-refractivity contribution >= 4 is 30.5 Å². The molecule has 17 heavy (non-hydrogen) atoms. The third-order valence-electron chi connectivity index (χ3n) is 2.08. The first-order valence-corrected chi connectivity index (χ1v) is 5.82. The molecule has 2 aromatic carbocycles. The molecule has 0 saturated heterocycles. The summed E-state index contributed by atoms with van der Waals surface area (Å²) in [5, 5.41) is 6.70. The molecule has 0 atom stereocenters. The Morgan fingerprint density at radius 3 is 1.18 bits per heavy atom. The van der Waals surface area contributed by atoms with E-state index in [2.05, 4.69) is 48.5 Å². The number of rotatable bonds is 0. The van der Waals surface area contributed by atoms with Gasteiger partial charge in [-0.05, 0) is 21.5 Å². The second kappa shape index (κ2) is 8.56. The Balaban J connectivity index is 0.000000318. The van der Waals surface area contributed by atoms with Gasteiger partial charge in [0.15, 0.2) is 0 Å². The molecule has 3 N–H and O–H groups in total. The summed E-state index contributed by atoms with van der Waals surface area (Å²) < 4.78 is 0. The lowest BCUT2D eigenvalue weighted by Crippen LogP contribution is -1.67. The molecule has 0 aliphatic heterocycles. The van der Waals surface area contributed by atoms with Crippen molar-refractivity contribution in [3.8, 4) is 0 Å². The van der Waals surface area contributed by atoms with Gasteiger partial charge in [0.05, 0.1) is 0 Å². The zero-order valence-electron chi connectivity index (χ0n) is 9.62. The first-order chi connectivity index (χ1) is 7.47. The van der Waals surface area contributed by atoms with Gasteiger partial charge >= 0.3 is 0 Å². The van der Waals surface area contributed by atoms with Crippen molar-refractivity contribution in [2.45, 2.75) is 0 Å². The quantitative estimate of drug-likeness (QED) is 0.582. The Bertz CT molecular complexity index is 426. The van der Waals surface area contributed by atoms with E-state index >= 15 is 0 Å². The highest BCUT2D eigenvalue weighted by atomic mass is 32.1. The molecule has 85 valence electrons. The molecule has 1 nitrogen and oxygen atoms in total. The fraction of sp³-hybridized carbons (Fsp3) is 0. The van der Waals surface area contributed by atoms with Gasteiger partial charge in [0, 0.05) is 8.41 Å². The van der Waals surface area contributed by atoms with Gasteiger partial charge in [-0.3, -0.25) is 0 Å². The Morgan fingerprint density at radius 2 is 0.941 bits per heavy atom. The van der Waals surface area contributed by atoms with E-state index in [1.165, 1.54) is 10.8 Å². The minimum Gasteiger partial charge on any atom is -0.344 e. The third kappa shape index (κ3) is 4.85. The monoisotopic (exact) mass is 240 g/mol. The van der Waals surface area contributed by atoms with Crippen LogP contribution in [0.2, 0.25) is 0 Å². The Kier molecular flexibility index (Phi) is 7.77. The van der Waals surface area contributed by atoms with E-state index in [1.54, 1.807) is 11.3 Å². The summed E-state index contributed by atoms with van der Waals surface area (Å²) in [4.78, 5) is 0. The van der Waals surface area contributed by atoms with Crippen LogP contribution in [0.1, 0.15) is 0 Å². The van der Waals surface area contributed by atoms with Crippen LogP contribution < -0.4 is 6.15 Å². The van der Waals surface area contributed by atoms with E-state index in [4.69, 9.17) is 0 Å². The molecule has 0 amide bonds. The minimum absolute atomic E-state index is 0. The fourth-order valence-electron chi connectivity index (χ4n) is 1.36. The van der Waals surface area contributed by atoms with Crippen LogP contribution in [0.4, 0.5) is 0 Å². The highest BCUT2D eigenvalue weighted by Gasteiger charge is 1.85. The van der Waals surface area contributed by atoms with Gasteiger partial charge in [-0.25, -0.2) is 0 Å². The Morgan fingerprint density at radius 1 is 0.588 bits per heavy atom. The van der Waals surface area contributed by atoms with Crippen molar-refractivity contribution in [3.63, 3.8) is 0 Å². The molecular weight excluding hydrogens is 225 g/mol. The molecule has 1 heterocycles. The first-order valence-electron chi connectivity index (χ1n) is 4.88. The van der Waals surface area contributed by atoms with Gasteiger partial charge in [0.1, 0.15) is 0 Å². The summed E-state index contributed by atoms with van der Waals surface area (Å²) in [7, 11) is 0. The number of thiophene rings is 1. The van der Waals surface area contributed by atoms with Gasteiger partial charge in [0.2, 0.25) is 0 Å². The maximum Gasteiger partial charge on any atom is 0 e. The Labute approximate surface area is 108 Å². The van der Waals surface area contributed by atoms with E-state index in [0.717, 1.165) is 0 Å². The van der Waals surface area contributed by atoms with Crippen LogP contribution in [-0.4, -0.2) is 8.41 Å². The van der Waals surface area contributed by atoms with Crippen LogP contribution in [0, 0.1) is 0 Å².